The van der Waals surface area contributed by atoms with Crippen LogP contribution in [-0.4, -0.2) is 51.6 Å². The van der Waals surface area contributed by atoms with Crippen molar-refractivity contribution in [3.05, 3.63) is 0 Å². The molecule has 0 amide bonds. The van der Waals surface area contributed by atoms with E-state index in [1.54, 1.807) is 6.92 Å². The number of hydrogen-bond donors (Lipinski definition) is 3. The lowest BCUT2D eigenvalue weighted by molar-refractivity contribution is -0.259. The minimum absolute atomic E-state index is 0.0852. The molecule has 1 heterocycles. The molecule has 0 spiro atoms. The number of aliphatic hydroxyl groups is 3. The second-order valence-electron chi connectivity index (χ2n) is 6.95. The summed E-state index contributed by atoms with van der Waals surface area (Å²) in [4.78, 5) is 12.4. The predicted octanol–water partition coefficient (Wildman–Crippen LogP) is 0.109. The Morgan fingerprint density at radius 3 is 2.60 bits per heavy atom. The summed E-state index contributed by atoms with van der Waals surface area (Å²) < 4.78 is 5.72. The topological polar surface area (TPSA) is 87.0 Å². The highest BCUT2D eigenvalue weighted by atomic mass is 16.5. The number of fused-ring (bicyclic) bond motifs is 3. The first-order valence-electron chi connectivity index (χ1n) is 7.58. The molecular weight excluding hydrogens is 260 g/mol. The zero-order chi connectivity index (χ0) is 14.7. The second-order valence-corrected chi connectivity index (χ2v) is 6.95. The molecule has 2 aliphatic carbocycles. The van der Waals surface area contributed by atoms with Gasteiger partial charge in [0, 0.05) is 12.3 Å². The number of carbonyl (C=O) groups excluding carboxylic acids is 1. The molecule has 3 fully saturated rings. The molecule has 3 rings (SSSR count). The van der Waals surface area contributed by atoms with Crippen LogP contribution < -0.4 is 0 Å². The number of carbonyl (C=O) groups is 1. The maximum atomic E-state index is 12.4. The number of ketones is 1. The molecule has 2 saturated carbocycles. The highest BCUT2D eigenvalue weighted by Gasteiger charge is 2.63. The van der Waals surface area contributed by atoms with Crippen molar-refractivity contribution >= 4 is 5.78 Å². The van der Waals surface area contributed by atoms with Crippen molar-refractivity contribution in [1.82, 2.24) is 0 Å². The standard InChI is InChI=1S/C15H24O5/c1-7-3-4-8-10(12(7)17)13(18)14(19)15(2)11(8)9(16)5-6-20-15/h7-8,10-14,17-19H,3-6H2,1-2H3/t7-,8-,10+,11-,12+,13+,14-,15+/m0/s1. The first kappa shape index (κ1) is 14.4. The van der Waals surface area contributed by atoms with Gasteiger partial charge in [0.15, 0.2) is 0 Å². The molecule has 20 heavy (non-hydrogen) atoms. The van der Waals surface area contributed by atoms with Crippen LogP contribution in [0, 0.1) is 23.7 Å². The number of Topliss-reactive ketones (excluding diaryl/α,β-unsaturated/α-hetero) is 1. The Morgan fingerprint density at radius 1 is 1.20 bits per heavy atom. The van der Waals surface area contributed by atoms with Gasteiger partial charge in [0.05, 0.1) is 24.7 Å². The van der Waals surface area contributed by atoms with Gasteiger partial charge < -0.3 is 20.1 Å². The number of aliphatic hydroxyl groups excluding tert-OH is 3. The van der Waals surface area contributed by atoms with Crippen LogP contribution in [0.25, 0.3) is 0 Å². The summed E-state index contributed by atoms with van der Waals surface area (Å²) in [6.45, 7) is 3.97. The lowest BCUT2D eigenvalue weighted by atomic mass is 9.54. The van der Waals surface area contributed by atoms with Gasteiger partial charge in [-0.1, -0.05) is 6.92 Å². The SMILES string of the molecule is C[C@H]1CC[C@H]2[C@@H]([C@@H](O)[C@H](O)[C@]3(C)OCCC(=O)[C@H]23)[C@@H]1O. The molecule has 0 aromatic heterocycles. The van der Waals surface area contributed by atoms with Crippen molar-refractivity contribution in [2.24, 2.45) is 23.7 Å². The van der Waals surface area contributed by atoms with Gasteiger partial charge in [-0.25, -0.2) is 0 Å². The van der Waals surface area contributed by atoms with E-state index in [2.05, 4.69) is 0 Å². The molecule has 5 nitrogen and oxygen atoms in total. The van der Waals surface area contributed by atoms with E-state index in [0.717, 1.165) is 12.8 Å². The molecular formula is C15H24O5. The lowest BCUT2D eigenvalue weighted by Gasteiger charge is -2.58. The molecule has 8 atom stereocenters. The summed E-state index contributed by atoms with van der Waals surface area (Å²) in [5.41, 5.74) is -1.02. The van der Waals surface area contributed by atoms with Gasteiger partial charge in [-0.15, -0.1) is 0 Å². The maximum absolute atomic E-state index is 12.4. The Bertz CT molecular complexity index is 411. The summed E-state index contributed by atoms with van der Waals surface area (Å²) in [7, 11) is 0. The Hall–Kier alpha value is -0.490. The lowest BCUT2D eigenvalue weighted by Crippen LogP contribution is -2.70. The van der Waals surface area contributed by atoms with E-state index in [0.29, 0.717) is 13.0 Å². The van der Waals surface area contributed by atoms with Crippen molar-refractivity contribution in [2.75, 3.05) is 6.61 Å². The van der Waals surface area contributed by atoms with Crippen LogP contribution in [0.3, 0.4) is 0 Å². The third-order valence-corrected chi connectivity index (χ3v) is 5.89. The molecule has 0 bridgehead atoms. The van der Waals surface area contributed by atoms with Gasteiger partial charge in [0.25, 0.3) is 0 Å². The molecule has 0 unspecified atom stereocenters. The first-order chi connectivity index (χ1) is 9.38. The maximum Gasteiger partial charge on any atom is 0.141 e. The van der Waals surface area contributed by atoms with E-state index < -0.39 is 35.7 Å². The molecule has 0 aromatic carbocycles. The molecule has 5 heteroatoms. The van der Waals surface area contributed by atoms with Crippen molar-refractivity contribution in [3.8, 4) is 0 Å². The molecule has 0 aromatic rings. The predicted molar refractivity (Wildman–Crippen MR) is 70.9 cm³/mol. The third-order valence-electron chi connectivity index (χ3n) is 5.89. The van der Waals surface area contributed by atoms with E-state index in [-0.39, 0.29) is 17.6 Å². The number of ether oxygens (including phenoxy) is 1. The molecule has 3 aliphatic rings. The Kier molecular flexibility index (Phi) is 3.44. The van der Waals surface area contributed by atoms with Crippen molar-refractivity contribution < 1.29 is 24.9 Å². The van der Waals surface area contributed by atoms with Crippen LogP contribution in [0.5, 0.6) is 0 Å². The largest absolute Gasteiger partial charge is 0.392 e. The minimum Gasteiger partial charge on any atom is -0.392 e. The van der Waals surface area contributed by atoms with Gasteiger partial charge in [0.2, 0.25) is 0 Å². The van der Waals surface area contributed by atoms with E-state index >= 15 is 0 Å². The average Bonchev–Trinajstić information content (AvgIpc) is 2.40. The summed E-state index contributed by atoms with van der Waals surface area (Å²) in [6, 6.07) is 0. The monoisotopic (exact) mass is 284 g/mol. The molecule has 0 radical (unpaired) electrons. The second kappa shape index (κ2) is 4.77. The minimum atomic E-state index is -1.13. The molecule has 114 valence electrons. The fourth-order valence-corrected chi connectivity index (χ4v) is 4.71. The molecule has 1 aliphatic heterocycles. The smallest absolute Gasteiger partial charge is 0.141 e. The van der Waals surface area contributed by atoms with Crippen LogP contribution in [0.15, 0.2) is 0 Å². The summed E-state index contributed by atoms with van der Waals surface area (Å²) in [5, 5.41) is 31.3. The third kappa shape index (κ3) is 1.80. The van der Waals surface area contributed by atoms with Gasteiger partial charge in [-0.3, -0.25) is 4.79 Å². The van der Waals surface area contributed by atoms with Crippen molar-refractivity contribution in [1.29, 1.82) is 0 Å². The van der Waals surface area contributed by atoms with Gasteiger partial charge in [0.1, 0.15) is 17.5 Å². The van der Waals surface area contributed by atoms with E-state index in [4.69, 9.17) is 4.74 Å². The Balaban J connectivity index is 2.01. The van der Waals surface area contributed by atoms with E-state index in [9.17, 15) is 20.1 Å². The van der Waals surface area contributed by atoms with E-state index in [1.807, 2.05) is 6.92 Å². The van der Waals surface area contributed by atoms with E-state index in [1.165, 1.54) is 0 Å². The highest BCUT2D eigenvalue weighted by Crippen LogP contribution is 2.52. The van der Waals surface area contributed by atoms with Crippen LogP contribution in [0.1, 0.15) is 33.1 Å². The van der Waals surface area contributed by atoms with Crippen LogP contribution in [0.4, 0.5) is 0 Å². The van der Waals surface area contributed by atoms with Gasteiger partial charge in [-0.2, -0.15) is 0 Å². The quantitative estimate of drug-likeness (QED) is 0.588. The van der Waals surface area contributed by atoms with Gasteiger partial charge >= 0.3 is 0 Å². The zero-order valence-corrected chi connectivity index (χ0v) is 12.0. The van der Waals surface area contributed by atoms with Crippen molar-refractivity contribution in [3.63, 3.8) is 0 Å². The zero-order valence-electron chi connectivity index (χ0n) is 12.0. The first-order valence-corrected chi connectivity index (χ1v) is 7.58. The summed E-state index contributed by atoms with van der Waals surface area (Å²) in [6.07, 6.45) is -0.842. The van der Waals surface area contributed by atoms with Crippen LogP contribution in [-0.2, 0) is 9.53 Å². The van der Waals surface area contributed by atoms with Crippen LogP contribution in [0.2, 0.25) is 0 Å². The molecule has 3 N–H and O–H groups in total. The number of rotatable bonds is 0. The average molecular weight is 284 g/mol. The summed E-state index contributed by atoms with van der Waals surface area (Å²) in [5.74, 6) is -0.764. The van der Waals surface area contributed by atoms with Gasteiger partial charge in [-0.05, 0) is 31.6 Å². The highest BCUT2D eigenvalue weighted by molar-refractivity contribution is 5.83. The number of hydrogen-bond acceptors (Lipinski definition) is 5. The Morgan fingerprint density at radius 2 is 1.90 bits per heavy atom. The normalized spacial score (nSPS) is 56.0. The fourth-order valence-electron chi connectivity index (χ4n) is 4.71. The molecule has 1 saturated heterocycles. The fraction of sp³-hybridized carbons (Fsp3) is 0.933. The van der Waals surface area contributed by atoms with Crippen molar-refractivity contribution in [2.45, 2.75) is 57.0 Å². The summed E-state index contributed by atoms with van der Waals surface area (Å²) >= 11 is 0. The van der Waals surface area contributed by atoms with Crippen LogP contribution >= 0.6 is 0 Å². The Labute approximate surface area is 118 Å².